The van der Waals surface area contributed by atoms with Gasteiger partial charge < -0.3 is 14.4 Å². The van der Waals surface area contributed by atoms with E-state index < -0.39 is 0 Å². The third-order valence-corrected chi connectivity index (χ3v) is 3.77. The van der Waals surface area contributed by atoms with Crippen molar-refractivity contribution in [3.05, 3.63) is 30.1 Å². The van der Waals surface area contributed by atoms with Crippen LogP contribution in [0, 0.1) is 0 Å². The molecule has 1 aromatic heterocycles. The Hall–Kier alpha value is -2.64. The Morgan fingerprint density at radius 3 is 3.13 bits per heavy atom. The number of anilines is 1. The van der Waals surface area contributed by atoms with Crippen molar-refractivity contribution in [1.82, 2.24) is 20.2 Å². The fourth-order valence-electron chi connectivity index (χ4n) is 2.60. The van der Waals surface area contributed by atoms with Gasteiger partial charge in [-0.05, 0) is 29.0 Å². The molecule has 0 N–H and O–H groups in total. The van der Waals surface area contributed by atoms with Crippen molar-refractivity contribution in [3.8, 4) is 5.75 Å². The molecule has 8 heteroatoms. The van der Waals surface area contributed by atoms with E-state index in [9.17, 15) is 4.79 Å². The minimum atomic E-state index is -0.361. The molecule has 8 nitrogen and oxygen atoms in total. The van der Waals surface area contributed by atoms with Crippen LogP contribution in [0.1, 0.15) is 12.2 Å². The molecule has 1 aliphatic rings. The van der Waals surface area contributed by atoms with Crippen LogP contribution in [-0.2, 0) is 22.5 Å². The van der Waals surface area contributed by atoms with Crippen LogP contribution < -0.4 is 9.64 Å². The molecule has 0 atom stereocenters. The summed E-state index contributed by atoms with van der Waals surface area (Å²) in [6.07, 6.45) is 1.58. The lowest BCUT2D eigenvalue weighted by atomic mass is 10.2. The zero-order chi connectivity index (χ0) is 16.1. The highest BCUT2D eigenvalue weighted by Crippen LogP contribution is 2.30. The van der Waals surface area contributed by atoms with Gasteiger partial charge in [-0.15, -0.1) is 5.10 Å². The van der Waals surface area contributed by atoms with Gasteiger partial charge in [0, 0.05) is 13.0 Å². The molecule has 0 spiro atoms. The lowest BCUT2D eigenvalue weighted by molar-refractivity contribution is -0.141. The van der Waals surface area contributed by atoms with Gasteiger partial charge in [-0.3, -0.25) is 4.79 Å². The minimum absolute atomic E-state index is 0.0409. The lowest BCUT2D eigenvalue weighted by Gasteiger charge is -2.31. The van der Waals surface area contributed by atoms with E-state index in [1.54, 1.807) is 0 Å². The number of esters is 1. The number of benzene rings is 1. The molecular formula is C15H19N5O3. The van der Waals surface area contributed by atoms with Crippen molar-refractivity contribution in [2.24, 2.45) is 0 Å². The van der Waals surface area contributed by atoms with Crippen LogP contribution in [0.4, 0.5) is 5.69 Å². The topological polar surface area (TPSA) is 82.4 Å². The third-order valence-electron chi connectivity index (χ3n) is 3.77. The lowest BCUT2D eigenvalue weighted by Crippen LogP contribution is -2.33. The highest BCUT2D eigenvalue weighted by molar-refractivity contribution is 5.68. The van der Waals surface area contributed by atoms with Crippen molar-refractivity contribution in [2.45, 2.75) is 19.4 Å². The molecule has 0 fully saturated rings. The Morgan fingerprint density at radius 1 is 1.39 bits per heavy atom. The monoisotopic (exact) mass is 317 g/mol. The Labute approximate surface area is 134 Å². The molecule has 0 amide bonds. The molecule has 0 radical (unpaired) electrons. The van der Waals surface area contributed by atoms with Crippen LogP contribution in [-0.4, -0.2) is 53.0 Å². The number of carbonyl (C=O) groups excluding carboxylic acids is 1. The first kappa shape index (κ1) is 15.3. The van der Waals surface area contributed by atoms with Gasteiger partial charge >= 0.3 is 5.97 Å². The third kappa shape index (κ3) is 3.58. The molecule has 23 heavy (non-hydrogen) atoms. The standard InChI is InChI=1S/C15H19N5O3/c1-22-15(21)11-20-14(16-17-18-20)7-4-8-19-9-10-23-13-6-3-2-5-12(13)19/h2-3,5-6H,4,7-11H2,1H3. The number of tetrazole rings is 1. The van der Waals surface area contributed by atoms with Crippen LogP contribution in [0.2, 0.25) is 0 Å². The molecule has 1 aliphatic heterocycles. The van der Waals surface area contributed by atoms with Crippen LogP contribution in [0.15, 0.2) is 24.3 Å². The Balaban J connectivity index is 1.57. The van der Waals surface area contributed by atoms with E-state index in [1.165, 1.54) is 11.8 Å². The van der Waals surface area contributed by atoms with Gasteiger partial charge in [0.25, 0.3) is 0 Å². The smallest absolute Gasteiger partial charge is 0.327 e. The van der Waals surface area contributed by atoms with Crippen LogP contribution in [0.5, 0.6) is 5.75 Å². The molecule has 0 saturated carbocycles. The van der Waals surface area contributed by atoms with Crippen molar-refractivity contribution in [1.29, 1.82) is 0 Å². The summed E-state index contributed by atoms with van der Waals surface area (Å²) >= 11 is 0. The van der Waals surface area contributed by atoms with Crippen LogP contribution in [0.3, 0.4) is 0 Å². The summed E-state index contributed by atoms with van der Waals surface area (Å²) in [5.74, 6) is 1.26. The maximum absolute atomic E-state index is 11.3. The number of methoxy groups -OCH3 is 1. The quantitative estimate of drug-likeness (QED) is 0.724. The molecule has 0 unspecified atom stereocenters. The molecule has 3 rings (SSSR count). The molecule has 2 heterocycles. The molecule has 0 bridgehead atoms. The molecular weight excluding hydrogens is 298 g/mol. The van der Waals surface area contributed by atoms with Gasteiger partial charge in [-0.2, -0.15) is 0 Å². The average Bonchev–Trinajstić information content (AvgIpc) is 3.02. The normalized spacial score (nSPS) is 13.3. The highest BCUT2D eigenvalue weighted by atomic mass is 16.5. The predicted octanol–water partition coefficient (Wildman–Crippen LogP) is 0.678. The summed E-state index contributed by atoms with van der Waals surface area (Å²) in [6, 6.07) is 8.04. The number of hydrogen-bond donors (Lipinski definition) is 0. The van der Waals surface area contributed by atoms with Crippen molar-refractivity contribution in [2.75, 3.05) is 31.7 Å². The van der Waals surface area contributed by atoms with E-state index in [2.05, 4.69) is 31.2 Å². The van der Waals surface area contributed by atoms with Crippen molar-refractivity contribution < 1.29 is 14.3 Å². The number of aryl methyl sites for hydroxylation is 1. The van der Waals surface area contributed by atoms with Gasteiger partial charge in [0.1, 0.15) is 18.9 Å². The SMILES string of the molecule is COC(=O)Cn1nnnc1CCCN1CCOc2ccccc21. The van der Waals surface area contributed by atoms with Gasteiger partial charge in [-0.25, -0.2) is 4.68 Å². The zero-order valence-electron chi connectivity index (χ0n) is 13.0. The van der Waals surface area contributed by atoms with E-state index in [1.807, 2.05) is 18.2 Å². The molecule has 1 aromatic carbocycles. The number of hydrogen-bond acceptors (Lipinski definition) is 7. The number of nitrogens with zero attached hydrogens (tertiary/aromatic N) is 5. The Bertz CT molecular complexity index is 673. The van der Waals surface area contributed by atoms with E-state index in [0.717, 1.165) is 30.9 Å². The number of carbonyl (C=O) groups is 1. The van der Waals surface area contributed by atoms with E-state index >= 15 is 0 Å². The summed E-state index contributed by atoms with van der Waals surface area (Å²) in [7, 11) is 1.35. The molecule has 2 aromatic rings. The minimum Gasteiger partial charge on any atom is -0.490 e. The summed E-state index contributed by atoms with van der Waals surface area (Å²) in [6.45, 7) is 2.48. The first-order valence-electron chi connectivity index (χ1n) is 7.56. The number of fused-ring (bicyclic) bond motifs is 1. The largest absolute Gasteiger partial charge is 0.490 e. The average molecular weight is 317 g/mol. The van der Waals surface area contributed by atoms with Gasteiger partial charge in [0.15, 0.2) is 5.82 Å². The van der Waals surface area contributed by atoms with Crippen molar-refractivity contribution in [3.63, 3.8) is 0 Å². The molecule has 0 saturated heterocycles. The first-order chi connectivity index (χ1) is 11.3. The predicted molar refractivity (Wildman–Crippen MR) is 82.3 cm³/mol. The van der Waals surface area contributed by atoms with Gasteiger partial charge in [0.05, 0.1) is 19.3 Å². The number of rotatable bonds is 6. The number of para-hydroxylation sites is 2. The molecule has 0 aliphatic carbocycles. The summed E-state index contributed by atoms with van der Waals surface area (Å²) in [4.78, 5) is 13.6. The second-order valence-electron chi connectivity index (χ2n) is 5.24. The fourth-order valence-corrected chi connectivity index (χ4v) is 2.60. The second kappa shape index (κ2) is 7.08. The van der Waals surface area contributed by atoms with Crippen LogP contribution >= 0.6 is 0 Å². The zero-order valence-corrected chi connectivity index (χ0v) is 13.0. The Morgan fingerprint density at radius 2 is 2.26 bits per heavy atom. The van der Waals surface area contributed by atoms with Gasteiger partial charge in [0.2, 0.25) is 0 Å². The summed E-state index contributed by atoms with van der Waals surface area (Å²) in [5, 5.41) is 11.4. The maximum Gasteiger partial charge on any atom is 0.327 e. The molecule has 122 valence electrons. The number of aromatic nitrogens is 4. The Kier molecular flexibility index (Phi) is 4.70. The van der Waals surface area contributed by atoms with Crippen molar-refractivity contribution >= 4 is 11.7 Å². The summed E-state index contributed by atoms with van der Waals surface area (Å²) < 4.78 is 11.8. The maximum atomic E-state index is 11.3. The van der Waals surface area contributed by atoms with E-state index in [-0.39, 0.29) is 12.5 Å². The van der Waals surface area contributed by atoms with E-state index in [4.69, 9.17) is 4.74 Å². The van der Waals surface area contributed by atoms with Gasteiger partial charge in [-0.1, -0.05) is 12.1 Å². The fraction of sp³-hybridized carbons (Fsp3) is 0.467. The van der Waals surface area contributed by atoms with Crippen LogP contribution in [0.25, 0.3) is 0 Å². The number of ether oxygens (including phenoxy) is 2. The summed E-state index contributed by atoms with van der Waals surface area (Å²) in [5.41, 5.74) is 1.12. The highest BCUT2D eigenvalue weighted by Gasteiger charge is 2.17. The second-order valence-corrected chi connectivity index (χ2v) is 5.24. The first-order valence-corrected chi connectivity index (χ1v) is 7.56. The van der Waals surface area contributed by atoms with E-state index in [0.29, 0.717) is 18.9 Å².